The van der Waals surface area contributed by atoms with Gasteiger partial charge in [0.25, 0.3) is 5.56 Å². The summed E-state index contributed by atoms with van der Waals surface area (Å²) in [6.07, 6.45) is 0.838. The predicted octanol–water partition coefficient (Wildman–Crippen LogP) is 4.82. The van der Waals surface area contributed by atoms with Crippen molar-refractivity contribution in [2.24, 2.45) is 0 Å². The zero-order valence-corrected chi connectivity index (χ0v) is 20.3. The number of carbonyl (C=O) groups excluding carboxylic acids is 1. The number of nitrogens with one attached hydrogen (secondary N) is 1. The second kappa shape index (κ2) is 9.30. The van der Waals surface area contributed by atoms with Crippen molar-refractivity contribution in [3.05, 3.63) is 80.4 Å². The number of halogens is 1. The van der Waals surface area contributed by atoms with E-state index in [0.29, 0.717) is 21.3 Å². The number of carbonyl (C=O) groups is 1. The van der Waals surface area contributed by atoms with E-state index >= 15 is 0 Å². The van der Waals surface area contributed by atoms with Gasteiger partial charge in [0.2, 0.25) is 5.91 Å². The lowest BCUT2D eigenvalue weighted by atomic mass is 10.1. The van der Waals surface area contributed by atoms with Crippen LogP contribution in [0, 0.1) is 0 Å². The summed E-state index contributed by atoms with van der Waals surface area (Å²) < 4.78 is 1.63. The first-order chi connectivity index (χ1) is 16.0. The summed E-state index contributed by atoms with van der Waals surface area (Å²) in [5, 5.41) is 4.51. The third kappa shape index (κ3) is 4.44. The van der Waals surface area contributed by atoms with Crippen molar-refractivity contribution in [1.29, 1.82) is 0 Å². The maximum Gasteiger partial charge on any atom is 0.267 e. The Kier molecular flexibility index (Phi) is 6.25. The molecule has 0 saturated heterocycles. The summed E-state index contributed by atoms with van der Waals surface area (Å²) in [6.45, 7) is 1.74. The first-order valence-electron chi connectivity index (χ1n) is 10.5. The first-order valence-corrected chi connectivity index (χ1v) is 12.7. The summed E-state index contributed by atoms with van der Waals surface area (Å²) in [4.78, 5) is 35.4. The molecule has 0 unspecified atom stereocenters. The highest BCUT2D eigenvalue weighted by atomic mass is 35.5. The van der Waals surface area contributed by atoms with Crippen molar-refractivity contribution in [3.63, 3.8) is 0 Å². The molecule has 1 aliphatic rings. The third-order valence-electron chi connectivity index (χ3n) is 5.53. The zero-order valence-electron chi connectivity index (χ0n) is 17.9. The molecule has 0 spiro atoms. The summed E-state index contributed by atoms with van der Waals surface area (Å²) in [7, 11) is 2.09. The van der Waals surface area contributed by atoms with E-state index in [2.05, 4.69) is 17.3 Å². The molecule has 0 aliphatic carbocycles. The van der Waals surface area contributed by atoms with Gasteiger partial charge in [-0.3, -0.25) is 14.2 Å². The molecular weight excluding hydrogens is 476 g/mol. The molecule has 168 valence electrons. The lowest BCUT2D eigenvalue weighted by molar-refractivity contribution is -0.113. The molecule has 2 aromatic carbocycles. The first kappa shape index (κ1) is 22.2. The van der Waals surface area contributed by atoms with Crippen LogP contribution >= 0.6 is 34.7 Å². The third-order valence-corrected chi connectivity index (χ3v) is 7.91. The van der Waals surface area contributed by atoms with Crippen LogP contribution < -0.4 is 10.9 Å². The van der Waals surface area contributed by atoms with Gasteiger partial charge in [-0.15, -0.1) is 11.3 Å². The second-order valence-corrected chi connectivity index (χ2v) is 10.3. The van der Waals surface area contributed by atoms with Crippen LogP contribution in [0.1, 0.15) is 10.4 Å². The van der Waals surface area contributed by atoms with Gasteiger partial charge in [-0.1, -0.05) is 53.7 Å². The fourth-order valence-corrected chi connectivity index (χ4v) is 6.27. The molecule has 9 heteroatoms. The van der Waals surface area contributed by atoms with Crippen molar-refractivity contribution in [1.82, 2.24) is 14.5 Å². The monoisotopic (exact) mass is 496 g/mol. The Labute approximate surface area is 204 Å². The van der Waals surface area contributed by atoms with Gasteiger partial charge in [-0.2, -0.15) is 0 Å². The highest BCUT2D eigenvalue weighted by molar-refractivity contribution is 7.99. The molecule has 0 radical (unpaired) electrons. The molecule has 0 fully saturated rings. The van der Waals surface area contributed by atoms with E-state index in [1.807, 2.05) is 42.5 Å². The van der Waals surface area contributed by atoms with Gasteiger partial charge in [0, 0.05) is 18.0 Å². The van der Waals surface area contributed by atoms with Crippen LogP contribution in [0.4, 0.5) is 5.69 Å². The molecule has 0 saturated carbocycles. The Balaban J connectivity index is 1.52. The lowest BCUT2D eigenvalue weighted by Gasteiger charge is -2.21. The number of thioether (sulfide) groups is 1. The van der Waals surface area contributed by atoms with Gasteiger partial charge in [0.05, 0.1) is 27.5 Å². The SMILES string of the molecule is CN1CCc2c(sc3nc(SCC(=O)Nc4ccccc4Cl)n(-c4ccccc4)c(=O)c23)C1. The molecular formula is C24H21ClN4O2S2. The molecule has 0 atom stereocenters. The van der Waals surface area contributed by atoms with Gasteiger partial charge in [-0.05, 0) is 43.3 Å². The Hall–Kier alpha value is -2.65. The summed E-state index contributed by atoms with van der Waals surface area (Å²) in [5.74, 6) is -0.113. The minimum absolute atomic E-state index is 0.0812. The summed E-state index contributed by atoms with van der Waals surface area (Å²) >= 11 is 8.98. The zero-order chi connectivity index (χ0) is 22.9. The Morgan fingerprint density at radius 1 is 1.18 bits per heavy atom. The molecule has 2 aromatic heterocycles. The number of benzene rings is 2. The fraction of sp³-hybridized carbons (Fsp3) is 0.208. The number of hydrogen-bond donors (Lipinski definition) is 1. The molecule has 33 heavy (non-hydrogen) atoms. The molecule has 0 bridgehead atoms. The van der Waals surface area contributed by atoms with Crippen LogP contribution in [-0.4, -0.2) is 39.7 Å². The van der Waals surface area contributed by atoms with Crippen LogP contribution in [-0.2, 0) is 17.8 Å². The molecule has 1 amide bonds. The van der Waals surface area contributed by atoms with Crippen LogP contribution in [0.5, 0.6) is 0 Å². The van der Waals surface area contributed by atoms with Gasteiger partial charge in [0.1, 0.15) is 4.83 Å². The quantitative estimate of drug-likeness (QED) is 0.317. The average molecular weight is 497 g/mol. The largest absolute Gasteiger partial charge is 0.324 e. The van der Waals surface area contributed by atoms with Crippen LogP contribution in [0.25, 0.3) is 15.9 Å². The van der Waals surface area contributed by atoms with Crippen molar-refractivity contribution in [3.8, 4) is 5.69 Å². The minimum Gasteiger partial charge on any atom is -0.324 e. The van der Waals surface area contributed by atoms with E-state index in [0.717, 1.165) is 35.6 Å². The standard InChI is InChI=1S/C24H21ClN4O2S2/c1-28-12-11-16-19(13-28)33-22-21(16)23(31)29(15-7-3-2-4-8-15)24(27-22)32-14-20(30)26-18-10-6-5-9-17(18)25/h2-10H,11-14H2,1H3,(H,26,30). The number of rotatable bonds is 5. The number of para-hydroxylation sites is 2. The molecule has 4 aromatic rings. The van der Waals surface area contributed by atoms with Crippen LogP contribution in [0.3, 0.4) is 0 Å². The van der Waals surface area contributed by atoms with Gasteiger partial charge in [0.15, 0.2) is 5.16 Å². The lowest BCUT2D eigenvalue weighted by Crippen LogP contribution is -2.27. The van der Waals surface area contributed by atoms with Gasteiger partial charge < -0.3 is 10.2 Å². The number of anilines is 1. The summed E-state index contributed by atoms with van der Waals surface area (Å²) in [6, 6.07) is 16.6. The number of fused-ring (bicyclic) bond motifs is 3. The topological polar surface area (TPSA) is 67.2 Å². The molecule has 3 heterocycles. The van der Waals surface area contributed by atoms with E-state index in [9.17, 15) is 9.59 Å². The van der Waals surface area contributed by atoms with Gasteiger partial charge in [-0.25, -0.2) is 4.98 Å². The van der Waals surface area contributed by atoms with E-state index in [1.165, 1.54) is 16.6 Å². The van der Waals surface area contributed by atoms with Crippen molar-refractivity contribution in [2.75, 3.05) is 24.7 Å². The van der Waals surface area contributed by atoms with Crippen LogP contribution in [0.15, 0.2) is 64.5 Å². The minimum atomic E-state index is -0.214. The number of amides is 1. The highest BCUT2D eigenvalue weighted by Crippen LogP contribution is 2.34. The number of nitrogens with zero attached hydrogens (tertiary/aromatic N) is 3. The van der Waals surface area contributed by atoms with Crippen molar-refractivity contribution in [2.45, 2.75) is 18.1 Å². The van der Waals surface area contributed by atoms with E-state index in [1.54, 1.807) is 28.0 Å². The number of thiophene rings is 1. The van der Waals surface area contributed by atoms with Crippen molar-refractivity contribution >= 4 is 56.5 Å². The normalized spacial score (nSPS) is 13.8. The number of hydrogen-bond acceptors (Lipinski definition) is 6. The number of likely N-dealkylation sites (N-methyl/N-ethyl adjacent to an activating group) is 1. The maximum atomic E-state index is 13.7. The Morgan fingerprint density at radius 2 is 1.94 bits per heavy atom. The molecule has 6 nitrogen and oxygen atoms in total. The smallest absolute Gasteiger partial charge is 0.267 e. The van der Waals surface area contributed by atoms with Crippen molar-refractivity contribution < 1.29 is 4.79 Å². The van der Waals surface area contributed by atoms with Crippen LogP contribution in [0.2, 0.25) is 5.02 Å². The Morgan fingerprint density at radius 3 is 2.73 bits per heavy atom. The number of aromatic nitrogens is 2. The second-order valence-electron chi connectivity index (χ2n) is 7.86. The predicted molar refractivity (Wildman–Crippen MR) is 136 cm³/mol. The average Bonchev–Trinajstić information content (AvgIpc) is 3.17. The molecule has 1 N–H and O–H groups in total. The highest BCUT2D eigenvalue weighted by Gasteiger charge is 2.24. The maximum absolute atomic E-state index is 13.7. The summed E-state index contributed by atoms with van der Waals surface area (Å²) in [5.41, 5.74) is 2.33. The van der Waals surface area contributed by atoms with Gasteiger partial charge >= 0.3 is 0 Å². The van der Waals surface area contributed by atoms with E-state index in [4.69, 9.17) is 16.6 Å². The molecule has 1 aliphatic heterocycles. The molecule has 5 rings (SSSR count). The van der Waals surface area contributed by atoms with E-state index < -0.39 is 0 Å². The Bertz CT molecular complexity index is 1400. The van der Waals surface area contributed by atoms with E-state index in [-0.39, 0.29) is 17.2 Å². The fourth-order valence-electron chi connectivity index (χ4n) is 3.93.